The number of sulfone groups is 1. The first-order valence-electron chi connectivity index (χ1n) is 15.6. The summed E-state index contributed by atoms with van der Waals surface area (Å²) < 4.78 is 235. The van der Waals surface area contributed by atoms with Crippen LogP contribution in [-0.4, -0.2) is 123 Å². The number of anilines is 1. The predicted molar refractivity (Wildman–Crippen MR) is 223 cm³/mol. The zero-order chi connectivity index (χ0) is 49.0. The molecule has 0 heterocycles. The molecule has 0 saturated heterocycles. The predicted octanol–water partition coefficient (Wildman–Crippen LogP) is 5.41. The van der Waals surface area contributed by atoms with E-state index in [0.717, 1.165) is 0 Å². The number of nitrogens with two attached hydrogens (primary N) is 1. The fourth-order valence-electron chi connectivity index (χ4n) is 4.85. The van der Waals surface area contributed by atoms with Crippen LogP contribution in [0.3, 0.4) is 0 Å². The molecule has 4 aromatic rings. The van der Waals surface area contributed by atoms with E-state index in [9.17, 15) is 75.2 Å². The first-order valence-corrected chi connectivity index (χ1v) is 26.3. The number of phenols is 1. The van der Waals surface area contributed by atoms with Crippen LogP contribution in [0.2, 0.25) is 0 Å². The molecule has 0 amide bonds. The highest BCUT2D eigenvalue weighted by atomic mass is 32.3. The molecule has 0 saturated carbocycles. The number of azo groups is 2. The number of benzene rings is 4. The van der Waals surface area contributed by atoms with Crippen molar-refractivity contribution >= 4 is 125 Å². The van der Waals surface area contributed by atoms with E-state index in [4.69, 9.17) is 32.9 Å². The standard InChI is InChI=1S/C26H31N5O24S7.OS/c27-22-21-13(9-17(57(35,36)37)24(22)30-28-14-1-3-15(4-2-14)53-5-6-54-61(47,48)49)10-18(58(38,39)40)25(26(21)32)31-29-23-19(59(41,42)43)11-16(12-20(23)60(44,45)46)56(33,34)8-7-55-62(50,51)52;1-2/h1-4,9-12,32,38-43,50-52H,5-8,27H2,(H,35,36,37)(H,44,45,46)(H,47,48,49);. The maximum atomic E-state index is 12.9. The van der Waals surface area contributed by atoms with Crippen LogP contribution in [0.25, 0.3) is 10.8 Å². The third-order valence-corrected chi connectivity index (χ3v) is 13.5. The molecular formula is C26H31N5O25S8. The topological polar surface area (TPSA) is 520 Å². The van der Waals surface area contributed by atoms with E-state index in [1.807, 2.05) is 0 Å². The van der Waals surface area contributed by atoms with Crippen molar-refractivity contribution in [3.8, 4) is 11.5 Å². The number of phenolic OH excluding ortho intramolecular Hbond substituents is 1. The molecule has 15 N–H and O–H groups in total. The van der Waals surface area contributed by atoms with E-state index < -0.39 is 156 Å². The third kappa shape index (κ3) is 14.5. The SMILES string of the molecule is Nc1c(N=Nc2ccc(OCCOS(=O)(=O)O)cc2)c(S(=O)(=O)O)cc2cc(S(O)(O)O)c(N=Nc3c(S(O)(O)O)cc(S(=O)(=O)CCOS(O)(O)O)cc3S(=O)(=O)O)c(O)c12.O=S. The molecule has 0 bridgehead atoms. The van der Waals surface area contributed by atoms with Gasteiger partial charge in [0.15, 0.2) is 28.1 Å². The number of ether oxygens (including phenoxy) is 1. The molecule has 0 aliphatic carbocycles. The van der Waals surface area contributed by atoms with E-state index in [-0.39, 0.29) is 30.2 Å². The summed E-state index contributed by atoms with van der Waals surface area (Å²) in [5.41, 5.74) is 1.54. The van der Waals surface area contributed by atoms with Gasteiger partial charge < -0.3 is 42.9 Å². The molecule has 0 spiro atoms. The molecule has 0 unspecified atom stereocenters. The molecule has 64 heavy (non-hydrogen) atoms. The average Bonchev–Trinajstić information content (AvgIpc) is 3.14. The summed E-state index contributed by atoms with van der Waals surface area (Å²) in [5.74, 6) is -2.55. The van der Waals surface area contributed by atoms with E-state index >= 15 is 0 Å². The minimum Gasteiger partial charge on any atom is -0.505 e. The highest BCUT2D eigenvalue weighted by molar-refractivity contribution is 8.19. The summed E-state index contributed by atoms with van der Waals surface area (Å²) in [7, 11) is -31.2. The Morgan fingerprint density at radius 1 is 0.562 bits per heavy atom. The van der Waals surface area contributed by atoms with Crippen molar-refractivity contribution in [2.45, 2.75) is 24.5 Å². The van der Waals surface area contributed by atoms with Crippen LogP contribution >= 0.6 is 32.9 Å². The smallest absolute Gasteiger partial charge is 0.397 e. The Labute approximate surface area is 370 Å². The van der Waals surface area contributed by atoms with E-state index in [1.54, 1.807) is 0 Å². The number of nitrogen functional groups attached to an aromatic ring is 1. The van der Waals surface area contributed by atoms with Crippen molar-refractivity contribution in [2.24, 2.45) is 20.5 Å². The highest BCUT2D eigenvalue weighted by Gasteiger charge is 2.34. The zero-order valence-electron chi connectivity index (χ0n) is 30.8. The number of hydrogen-bond donors (Lipinski definition) is 14. The lowest BCUT2D eigenvalue weighted by Gasteiger charge is -2.24. The molecule has 0 aliphatic heterocycles. The van der Waals surface area contributed by atoms with Crippen LogP contribution in [0.15, 0.2) is 93.5 Å². The number of aromatic hydroxyl groups is 1. The van der Waals surface area contributed by atoms with Crippen molar-refractivity contribution in [3.05, 3.63) is 48.5 Å². The van der Waals surface area contributed by atoms with Gasteiger partial charge in [-0.2, -0.15) is 34.6 Å². The average molecular weight is 1070 g/mol. The van der Waals surface area contributed by atoms with Crippen molar-refractivity contribution in [2.75, 3.05) is 31.3 Å². The molecular weight excluding hydrogens is 1040 g/mol. The Morgan fingerprint density at radius 3 is 1.53 bits per heavy atom. The minimum atomic E-state index is -5.76. The minimum absolute atomic E-state index is 0.0634. The van der Waals surface area contributed by atoms with Gasteiger partial charge in [0.25, 0.3) is 20.2 Å². The van der Waals surface area contributed by atoms with Crippen molar-refractivity contribution in [1.29, 1.82) is 0 Å². The van der Waals surface area contributed by atoms with Crippen LogP contribution in [-0.2, 0) is 61.4 Å². The molecule has 30 nitrogen and oxygen atoms in total. The van der Waals surface area contributed by atoms with Gasteiger partial charge in [-0.1, -0.05) is 0 Å². The summed E-state index contributed by atoms with van der Waals surface area (Å²) in [4.78, 5) is -6.80. The molecule has 0 fully saturated rings. The second kappa shape index (κ2) is 20.3. The quantitative estimate of drug-likeness (QED) is 0.0256. The molecule has 4 aromatic carbocycles. The summed E-state index contributed by atoms with van der Waals surface area (Å²) in [5, 5.41) is 24.4. The Morgan fingerprint density at radius 2 is 1.03 bits per heavy atom. The van der Waals surface area contributed by atoms with Crippen LogP contribution in [0, 0.1) is 0 Å². The monoisotopic (exact) mass is 1070 g/mol. The van der Waals surface area contributed by atoms with Crippen molar-refractivity contribution in [1.82, 2.24) is 0 Å². The van der Waals surface area contributed by atoms with Gasteiger partial charge in [-0.3, -0.25) is 31.5 Å². The summed E-state index contributed by atoms with van der Waals surface area (Å²) in [6, 6.07) is 6.38. The van der Waals surface area contributed by atoms with Gasteiger partial charge in [0, 0.05) is 0 Å². The molecule has 358 valence electrons. The molecule has 4 rings (SSSR count). The van der Waals surface area contributed by atoms with Crippen molar-refractivity contribution < 1.29 is 111 Å². The maximum absolute atomic E-state index is 12.9. The lowest BCUT2D eigenvalue weighted by molar-refractivity contribution is 0.201. The lowest BCUT2D eigenvalue weighted by Crippen LogP contribution is -2.15. The largest absolute Gasteiger partial charge is 0.505 e. The number of hydrogen-bond acceptors (Lipinski definition) is 28. The van der Waals surface area contributed by atoms with Gasteiger partial charge in [0.05, 0.1) is 43.8 Å². The van der Waals surface area contributed by atoms with Gasteiger partial charge >= 0.3 is 10.4 Å². The fraction of sp³-hybridized carbons (Fsp3) is 0.154. The molecule has 0 radical (unpaired) electrons. The molecule has 0 aromatic heterocycles. The van der Waals surface area contributed by atoms with Crippen LogP contribution in [0.5, 0.6) is 11.5 Å². The summed E-state index contributed by atoms with van der Waals surface area (Å²) in [6.45, 7) is -2.09. The van der Waals surface area contributed by atoms with Gasteiger partial charge in [-0.05, 0) is 53.9 Å². The Hall–Kier alpha value is -3.95. The number of rotatable bonds is 18. The lowest BCUT2D eigenvalue weighted by atomic mass is 10.1. The van der Waals surface area contributed by atoms with E-state index in [1.165, 1.54) is 24.3 Å². The Bertz CT molecular complexity index is 2920. The normalized spacial score (nSPS) is 14.1. The second-order valence-corrected chi connectivity index (χ2v) is 21.8. The number of nitrogens with zero attached hydrogens (tertiary/aromatic N) is 4. The van der Waals surface area contributed by atoms with Crippen LogP contribution < -0.4 is 10.5 Å². The third-order valence-electron chi connectivity index (χ3n) is 7.36. The molecule has 0 atom stereocenters. The van der Waals surface area contributed by atoms with Crippen LogP contribution in [0.4, 0.5) is 28.4 Å². The molecule has 38 heteroatoms. The zero-order valence-corrected chi connectivity index (χ0v) is 37.3. The second-order valence-electron chi connectivity index (χ2n) is 11.7. The summed E-state index contributed by atoms with van der Waals surface area (Å²) in [6.07, 6.45) is 0. The fourth-order valence-corrected chi connectivity index (χ4v) is 9.60. The van der Waals surface area contributed by atoms with Crippen molar-refractivity contribution in [3.63, 3.8) is 0 Å². The highest BCUT2D eigenvalue weighted by Crippen LogP contribution is 2.57. The first-order chi connectivity index (χ1) is 29.1. The first kappa shape index (κ1) is 54.4. The Kier molecular flexibility index (Phi) is 17.2. The maximum Gasteiger partial charge on any atom is 0.397 e. The van der Waals surface area contributed by atoms with E-state index in [0.29, 0.717) is 12.1 Å². The summed E-state index contributed by atoms with van der Waals surface area (Å²) >= 11 is -1.86. The van der Waals surface area contributed by atoms with E-state index in [2.05, 4.69) is 41.4 Å². The molecule has 0 aliphatic rings. The number of fused-ring (bicyclic) bond motifs is 1. The van der Waals surface area contributed by atoms with Gasteiger partial charge in [0.1, 0.15) is 67.6 Å². The van der Waals surface area contributed by atoms with Gasteiger partial charge in [-0.15, -0.1) is 15.3 Å². The van der Waals surface area contributed by atoms with Crippen LogP contribution in [0.1, 0.15) is 0 Å². The van der Waals surface area contributed by atoms with Gasteiger partial charge in [0.2, 0.25) is 11.2 Å². The Balaban J connectivity index is 0.00000537. The van der Waals surface area contributed by atoms with Gasteiger partial charge in [-0.25, -0.2) is 12.6 Å².